The van der Waals surface area contributed by atoms with Crippen molar-refractivity contribution in [2.75, 3.05) is 19.0 Å². The van der Waals surface area contributed by atoms with Gasteiger partial charge in [0.15, 0.2) is 0 Å². The number of halogens is 3. The summed E-state index contributed by atoms with van der Waals surface area (Å²) in [5, 5.41) is 7.97. The summed E-state index contributed by atoms with van der Waals surface area (Å²) in [6.45, 7) is -0.00518. The molecule has 26 heavy (non-hydrogen) atoms. The van der Waals surface area contributed by atoms with Crippen molar-refractivity contribution in [2.24, 2.45) is 0 Å². The third-order valence-electron chi connectivity index (χ3n) is 3.94. The van der Waals surface area contributed by atoms with Gasteiger partial charge in [-0.2, -0.15) is 0 Å². The molecule has 3 N–H and O–H groups in total. The van der Waals surface area contributed by atoms with E-state index in [2.05, 4.69) is 16.0 Å². The Morgan fingerprint density at radius 2 is 2.04 bits per heavy atom. The quantitative estimate of drug-likeness (QED) is 0.736. The summed E-state index contributed by atoms with van der Waals surface area (Å²) in [7, 11) is 1.29. The Labute approximate surface area is 156 Å². The van der Waals surface area contributed by atoms with E-state index in [1.807, 2.05) is 0 Å². The summed E-state index contributed by atoms with van der Waals surface area (Å²) in [4.78, 5) is 24.2. The predicted molar refractivity (Wildman–Crippen MR) is 93.9 cm³/mol. The van der Waals surface area contributed by atoms with E-state index in [-0.39, 0.29) is 17.9 Å². The summed E-state index contributed by atoms with van der Waals surface area (Å²) >= 11 is 6.93. The number of nitrogens with one attached hydrogen (secondary N) is 3. The van der Waals surface area contributed by atoms with Gasteiger partial charge in [-0.3, -0.25) is 10.1 Å². The number of anilines is 1. The van der Waals surface area contributed by atoms with Gasteiger partial charge in [0.25, 0.3) is 0 Å². The first-order valence-electron chi connectivity index (χ1n) is 7.52. The van der Waals surface area contributed by atoms with Gasteiger partial charge in [-0.15, -0.1) is 11.3 Å². The number of hydrogen-bond acceptors (Lipinski definition) is 4. The molecule has 3 rings (SSSR count). The van der Waals surface area contributed by atoms with Crippen molar-refractivity contribution in [3.63, 3.8) is 0 Å². The molecular weight excluding hydrogens is 388 g/mol. The molecular formula is C16H14ClF2N3O3S. The van der Waals surface area contributed by atoms with E-state index in [9.17, 15) is 18.4 Å². The zero-order valence-corrected chi connectivity index (χ0v) is 15.0. The van der Waals surface area contributed by atoms with Gasteiger partial charge in [-0.25, -0.2) is 13.6 Å². The summed E-state index contributed by atoms with van der Waals surface area (Å²) in [6.07, 6.45) is 0. The number of benzene rings is 1. The Hall–Kier alpha value is -2.39. The van der Waals surface area contributed by atoms with Gasteiger partial charge in [0, 0.05) is 30.2 Å². The molecule has 138 valence electrons. The van der Waals surface area contributed by atoms with Crippen LogP contribution in [0.4, 0.5) is 18.6 Å². The molecule has 2 heterocycles. The maximum atomic E-state index is 14.3. The molecule has 0 bridgehead atoms. The summed E-state index contributed by atoms with van der Waals surface area (Å²) in [5.74, 6) is -3.09. The molecule has 3 amide bonds. The zero-order chi connectivity index (χ0) is 18.8. The fourth-order valence-corrected chi connectivity index (χ4v) is 3.70. The van der Waals surface area contributed by atoms with Crippen LogP contribution in [0.3, 0.4) is 0 Å². The van der Waals surface area contributed by atoms with E-state index >= 15 is 0 Å². The third-order valence-corrected chi connectivity index (χ3v) is 5.08. The first-order valence-corrected chi connectivity index (χ1v) is 8.72. The molecule has 2 aromatic rings. The second-order valence-corrected chi connectivity index (χ2v) is 7.25. The molecule has 0 aliphatic carbocycles. The highest BCUT2D eigenvalue weighted by Crippen LogP contribution is 2.31. The van der Waals surface area contributed by atoms with Gasteiger partial charge in [-0.05, 0) is 12.1 Å². The number of urea groups is 1. The number of carbonyl (C=O) groups is 2. The first kappa shape index (κ1) is 18.4. The summed E-state index contributed by atoms with van der Waals surface area (Å²) in [5.41, 5.74) is -0.284. The predicted octanol–water partition coefficient (Wildman–Crippen LogP) is 3.09. The maximum absolute atomic E-state index is 14.3. The van der Waals surface area contributed by atoms with Gasteiger partial charge in [0.2, 0.25) is 5.91 Å². The van der Waals surface area contributed by atoms with Gasteiger partial charge < -0.3 is 15.4 Å². The average Bonchev–Trinajstić information content (AvgIpc) is 3.14. The van der Waals surface area contributed by atoms with Crippen LogP contribution in [0.2, 0.25) is 4.34 Å². The highest BCUT2D eigenvalue weighted by molar-refractivity contribution is 7.20. The van der Waals surface area contributed by atoms with Crippen LogP contribution in [0.1, 0.15) is 11.5 Å². The van der Waals surface area contributed by atoms with E-state index < -0.39 is 35.5 Å². The summed E-state index contributed by atoms with van der Waals surface area (Å²) < 4.78 is 34.0. The minimum atomic E-state index is -1.12. The van der Waals surface area contributed by atoms with Gasteiger partial charge in [0.1, 0.15) is 23.4 Å². The normalized spacial score (nSPS) is 19.2. The fourth-order valence-electron chi connectivity index (χ4n) is 2.76. The van der Waals surface area contributed by atoms with Crippen LogP contribution < -0.4 is 20.7 Å². The molecule has 1 aliphatic heterocycles. The maximum Gasteiger partial charge on any atom is 0.320 e. The van der Waals surface area contributed by atoms with Crippen molar-refractivity contribution in [3.8, 4) is 5.75 Å². The molecule has 1 saturated heterocycles. The number of methoxy groups -OCH3 is 1. The number of hydrogen-bond donors (Lipinski definition) is 3. The highest BCUT2D eigenvalue weighted by Gasteiger charge is 2.40. The molecule has 0 saturated carbocycles. The van der Waals surface area contributed by atoms with Crippen molar-refractivity contribution in [2.45, 2.75) is 12.0 Å². The van der Waals surface area contributed by atoms with E-state index in [1.54, 1.807) is 12.1 Å². The Balaban J connectivity index is 1.80. The second kappa shape index (κ2) is 7.46. The monoisotopic (exact) mass is 401 g/mol. The Bertz CT molecular complexity index is 838. The molecule has 1 aromatic heterocycles. The second-order valence-electron chi connectivity index (χ2n) is 5.54. The van der Waals surface area contributed by atoms with Crippen LogP contribution in [0.5, 0.6) is 5.75 Å². The lowest BCUT2D eigenvalue weighted by molar-refractivity contribution is -0.120. The minimum Gasteiger partial charge on any atom is -0.497 e. The molecule has 0 radical (unpaired) electrons. The van der Waals surface area contributed by atoms with Gasteiger partial charge >= 0.3 is 6.03 Å². The lowest BCUT2D eigenvalue weighted by Crippen LogP contribution is -2.45. The average molecular weight is 402 g/mol. The minimum absolute atomic E-state index is 0.00518. The molecule has 1 aromatic carbocycles. The van der Waals surface area contributed by atoms with Crippen molar-refractivity contribution in [1.82, 2.24) is 10.6 Å². The van der Waals surface area contributed by atoms with Gasteiger partial charge in [-0.1, -0.05) is 11.6 Å². The van der Waals surface area contributed by atoms with Crippen LogP contribution in [0.15, 0.2) is 24.3 Å². The lowest BCUT2D eigenvalue weighted by Gasteiger charge is -2.20. The number of carbonyl (C=O) groups excluding carboxylic acids is 2. The summed E-state index contributed by atoms with van der Waals surface area (Å²) in [6, 6.07) is 3.47. The van der Waals surface area contributed by atoms with E-state index in [0.717, 1.165) is 23.5 Å². The van der Waals surface area contributed by atoms with E-state index in [0.29, 0.717) is 9.34 Å². The Morgan fingerprint density at radius 1 is 1.35 bits per heavy atom. The third kappa shape index (κ3) is 3.73. The van der Waals surface area contributed by atoms with Crippen LogP contribution in [0.25, 0.3) is 0 Å². The standard InChI is InChI=1S/C16H14ClF2N3O3S/c1-25-7-4-9(18)13(10(19)5-7)8-6-20-15(23)14(8)22-16(24)21-12-3-2-11(17)26-12/h2-5,8,14H,6H2,1H3,(H,20,23)(H2,21,22,24)/t8-,14-/m0/s1. The van der Waals surface area contributed by atoms with Crippen LogP contribution >= 0.6 is 22.9 Å². The molecule has 2 atom stereocenters. The smallest absolute Gasteiger partial charge is 0.320 e. The molecule has 10 heteroatoms. The highest BCUT2D eigenvalue weighted by atomic mass is 35.5. The number of thiophene rings is 1. The van der Waals surface area contributed by atoms with E-state index in [4.69, 9.17) is 16.3 Å². The van der Waals surface area contributed by atoms with Gasteiger partial charge in [0.05, 0.1) is 16.4 Å². The topological polar surface area (TPSA) is 79.5 Å². The van der Waals surface area contributed by atoms with Crippen molar-refractivity contribution in [3.05, 3.63) is 45.8 Å². The Morgan fingerprint density at radius 3 is 2.62 bits per heavy atom. The first-order chi connectivity index (χ1) is 12.4. The fraction of sp³-hybridized carbons (Fsp3) is 0.250. The lowest BCUT2D eigenvalue weighted by atomic mass is 9.93. The number of amides is 3. The molecule has 0 spiro atoms. The van der Waals surface area contributed by atoms with Crippen molar-refractivity contribution in [1.29, 1.82) is 0 Å². The number of ether oxygens (including phenoxy) is 1. The molecule has 6 nitrogen and oxygen atoms in total. The van der Waals surface area contributed by atoms with Crippen LogP contribution in [-0.2, 0) is 4.79 Å². The van der Waals surface area contributed by atoms with Crippen LogP contribution in [0, 0.1) is 11.6 Å². The molecule has 0 unspecified atom stereocenters. The van der Waals surface area contributed by atoms with Crippen molar-refractivity contribution < 1.29 is 23.1 Å². The van der Waals surface area contributed by atoms with Crippen molar-refractivity contribution >= 4 is 39.9 Å². The SMILES string of the molecule is COc1cc(F)c([C@@H]2CNC(=O)[C@H]2NC(=O)Nc2ccc(Cl)s2)c(F)c1. The molecule has 1 fully saturated rings. The van der Waals surface area contributed by atoms with Crippen LogP contribution in [-0.4, -0.2) is 31.6 Å². The molecule has 1 aliphatic rings. The largest absolute Gasteiger partial charge is 0.497 e. The number of rotatable bonds is 4. The van der Waals surface area contributed by atoms with E-state index in [1.165, 1.54) is 7.11 Å². The Kier molecular flexibility index (Phi) is 5.28. The zero-order valence-electron chi connectivity index (χ0n) is 13.4.